The molecule has 3 heterocycles. The standard InChI is InChI=1S/C18H13ClN4OS/c1-2-8-20-13-7-9-21-17-14(13)15-16(25-17)18(24)23(10-22-15)12-5-3-11(19)4-6-12/h1,3-6,10,20H,7-9H2. The van der Waals surface area contributed by atoms with Crippen LogP contribution in [0.1, 0.15) is 6.42 Å². The van der Waals surface area contributed by atoms with E-state index in [9.17, 15) is 4.79 Å². The molecular formula is C18H13ClN4OS. The highest BCUT2D eigenvalue weighted by Gasteiger charge is 2.16. The quantitative estimate of drug-likeness (QED) is 0.712. The predicted octanol–water partition coefficient (Wildman–Crippen LogP) is 1.45. The first-order valence-corrected chi connectivity index (χ1v) is 8.89. The van der Waals surface area contributed by atoms with Crippen molar-refractivity contribution in [1.29, 1.82) is 0 Å². The molecule has 1 N–H and O–H groups in total. The summed E-state index contributed by atoms with van der Waals surface area (Å²) in [4.78, 5) is 22.0. The van der Waals surface area contributed by atoms with Gasteiger partial charge >= 0.3 is 0 Å². The number of benzene rings is 1. The number of rotatable bonds is 3. The molecule has 1 aromatic carbocycles. The SMILES string of the molecule is C#CCNC1=c2c(sc3c(=O)n(-c4ccc(Cl)cc4)cnc23)=NCC1. The second-order valence-electron chi connectivity index (χ2n) is 5.52. The second kappa shape index (κ2) is 6.36. The van der Waals surface area contributed by atoms with Gasteiger partial charge in [0.05, 0.1) is 23.0 Å². The van der Waals surface area contributed by atoms with Gasteiger partial charge in [0.2, 0.25) is 0 Å². The van der Waals surface area contributed by atoms with Crippen LogP contribution in [0.4, 0.5) is 0 Å². The normalized spacial score (nSPS) is 13.2. The zero-order chi connectivity index (χ0) is 17.4. The van der Waals surface area contributed by atoms with Crippen molar-refractivity contribution in [3.8, 4) is 18.0 Å². The summed E-state index contributed by atoms with van der Waals surface area (Å²) in [7, 11) is 0. The molecule has 0 fully saturated rings. The van der Waals surface area contributed by atoms with Crippen molar-refractivity contribution in [2.75, 3.05) is 13.1 Å². The van der Waals surface area contributed by atoms with Crippen LogP contribution in [0.3, 0.4) is 0 Å². The first-order valence-electron chi connectivity index (χ1n) is 7.70. The van der Waals surface area contributed by atoms with E-state index in [0.29, 0.717) is 28.3 Å². The van der Waals surface area contributed by atoms with E-state index < -0.39 is 0 Å². The van der Waals surface area contributed by atoms with Crippen LogP contribution in [-0.4, -0.2) is 22.6 Å². The molecule has 0 radical (unpaired) electrons. The number of nitrogens with zero attached hydrogens (tertiary/aromatic N) is 3. The number of hydrogen-bond donors (Lipinski definition) is 1. The Morgan fingerprint density at radius 3 is 2.92 bits per heavy atom. The fourth-order valence-electron chi connectivity index (χ4n) is 2.85. The van der Waals surface area contributed by atoms with Crippen molar-refractivity contribution < 1.29 is 0 Å². The maximum absolute atomic E-state index is 12.9. The second-order valence-corrected chi connectivity index (χ2v) is 6.96. The third-order valence-electron chi connectivity index (χ3n) is 4.01. The summed E-state index contributed by atoms with van der Waals surface area (Å²) in [6.45, 7) is 1.12. The molecule has 0 spiro atoms. The number of nitrogens with one attached hydrogen (secondary N) is 1. The molecule has 0 atom stereocenters. The molecule has 3 aromatic rings. The van der Waals surface area contributed by atoms with Crippen LogP contribution >= 0.6 is 22.9 Å². The average molecular weight is 369 g/mol. The van der Waals surface area contributed by atoms with Crippen molar-refractivity contribution in [2.45, 2.75) is 6.42 Å². The van der Waals surface area contributed by atoms with E-state index in [1.165, 1.54) is 15.9 Å². The van der Waals surface area contributed by atoms with Crippen LogP contribution in [-0.2, 0) is 0 Å². The van der Waals surface area contributed by atoms with Crippen molar-refractivity contribution in [1.82, 2.24) is 14.9 Å². The minimum Gasteiger partial charge on any atom is -0.377 e. The number of halogens is 1. The molecule has 0 saturated heterocycles. The lowest BCUT2D eigenvalue weighted by Gasteiger charge is -2.09. The third kappa shape index (κ3) is 2.72. The lowest BCUT2D eigenvalue weighted by Crippen LogP contribution is -2.33. The zero-order valence-electron chi connectivity index (χ0n) is 13.1. The highest BCUT2D eigenvalue weighted by molar-refractivity contribution is 7.16. The number of hydrogen-bond acceptors (Lipinski definition) is 5. The molecule has 0 amide bonds. The van der Waals surface area contributed by atoms with E-state index in [4.69, 9.17) is 18.0 Å². The molecule has 0 saturated carbocycles. The maximum Gasteiger partial charge on any atom is 0.275 e. The fraction of sp³-hybridized carbons (Fsp3) is 0.167. The fourth-order valence-corrected chi connectivity index (χ4v) is 4.09. The Labute approximate surface area is 152 Å². The minimum absolute atomic E-state index is 0.113. The lowest BCUT2D eigenvalue weighted by molar-refractivity contribution is 0.870. The summed E-state index contributed by atoms with van der Waals surface area (Å²) in [5.41, 5.74) is 2.29. The van der Waals surface area contributed by atoms with Crippen LogP contribution in [0.5, 0.6) is 0 Å². The molecule has 0 bridgehead atoms. The Morgan fingerprint density at radius 1 is 1.36 bits per heavy atom. The largest absolute Gasteiger partial charge is 0.377 e. The molecule has 4 rings (SSSR count). The Kier molecular flexibility index (Phi) is 4.04. The molecule has 124 valence electrons. The topological polar surface area (TPSA) is 59.3 Å². The van der Waals surface area contributed by atoms with E-state index in [0.717, 1.165) is 27.7 Å². The average Bonchev–Trinajstić information content (AvgIpc) is 3.01. The summed E-state index contributed by atoms with van der Waals surface area (Å²) >= 11 is 7.30. The number of thiophene rings is 1. The molecule has 25 heavy (non-hydrogen) atoms. The molecule has 5 nitrogen and oxygen atoms in total. The first-order chi connectivity index (χ1) is 12.2. The highest BCUT2D eigenvalue weighted by Crippen LogP contribution is 2.14. The van der Waals surface area contributed by atoms with Crippen molar-refractivity contribution >= 4 is 38.9 Å². The third-order valence-corrected chi connectivity index (χ3v) is 5.36. The van der Waals surface area contributed by atoms with Gasteiger partial charge in [-0.25, -0.2) is 4.98 Å². The molecule has 2 aromatic heterocycles. The predicted molar refractivity (Wildman–Crippen MR) is 101 cm³/mol. The zero-order valence-corrected chi connectivity index (χ0v) is 14.7. The highest BCUT2D eigenvalue weighted by atomic mass is 35.5. The Hall–Kier alpha value is -2.62. The van der Waals surface area contributed by atoms with Crippen LogP contribution in [0.25, 0.3) is 21.6 Å². The van der Waals surface area contributed by atoms with Gasteiger partial charge in [0.25, 0.3) is 5.56 Å². The summed E-state index contributed by atoms with van der Waals surface area (Å²) in [5.74, 6) is 2.58. The molecule has 0 unspecified atom stereocenters. The van der Waals surface area contributed by atoms with Crippen molar-refractivity contribution in [3.05, 3.63) is 55.9 Å². The number of fused-ring (bicyclic) bond motifs is 3. The van der Waals surface area contributed by atoms with E-state index in [-0.39, 0.29) is 5.56 Å². The molecule has 1 aliphatic rings. The lowest BCUT2D eigenvalue weighted by atomic mass is 10.2. The molecule has 1 aliphatic heterocycles. The van der Waals surface area contributed by atoms with E-state index >= 15 is 0 Å². The van der Waals surface area contributed by atoms with Gasteiger partial charge < -0.3 is 5.32 Å². The van der Waals surface area contributed by atoms with Gasteiger partial charge in [0, 0.05) is 23.7 Å². The van der Waals surface area contributed by atoms with Crippen molar-refractivity contribution in [3.63, 3.8) is 0 Å². The summed E-state index contributed by atoms with van der Waals surface area (Å²) in [6, 6.07) is 7.08. The van der Waals surface area contributed by atoms with E-state index in [1.54, 1.807) is 30.6 Å². The first kappa shape index (κ1) is 15.9. The number of terminal acetylenes is 1. The smallest absolute Gasteiger partial charge is 0.275 e. The van der Waals surface area contributed by atoms with Crippen LogP contribution in [0.15, 0.2) is 40.4 Å². The Bertz CT molecular complexity index is 1190. The van der Waals surface area contributed by atoms with Gasteiger partial charge in [-0.15, -0.1) is 17.8 Å². The van der Waals surface area contributed by atoms with Gasteiger partial charge in [-0.2, -0.15) is 0 Å². The summed E-state index contributed by atoms with van der Waals surface area (Å²) in [5, 5.41) is 4.77. The molecule has 0 aliphatic carbocycles. The number of aromatic nitrogens is 2. The summed E-state index contributed by atoms with van der Waals surface area (Å²) in [6.07, 6.45) is 7.66. The molecular weight excluding hydrogens is 356 g/mol. The van der Waals surface area contributed by atoms with Gasteiger partial charge in [0.15, 0.2) is 0 Å². The van der Waals surface area contributed by atoms with Gasteiger partial charge in [-0.05, 0) is 24.3 Å². The maximum atomic E-state index is 12.9. The van der Waals surface area contributed by atoms with Crippen LogP contribution in [0.2, 0.25) is 5.02 Å². The molecule has 7 heteroatoms. The van der Waals surface area contributed by atoms with Gasteiger partial charge in [0.1, 0.15) is 15.7 Å². The van der Waals surface area contributed by atoms with Crippen LogP contribution < -0.4 is 20.8 Å². The van der Waals surface area contributed by atoms with E-state index in [1.807, 2.05) is 0 Å². The summed E-state index contributed by atoms with van der Waals surface area (Å²) < 4.78 is 2.95. The monoisotopic (exact) mass is 368 g/mol. The van der Waals surface area contributed by atoms with E-state index in [2.05, 4.69) is 21.2 Å². The minimum atomic E-state index is -0.113. The van der Waals surface area contributed by atoms with Crippen molar-refractivity contribution in [2.24, 2.45) is 4.99 Å². The van der Waals surface area contributed by atoms with Crippen LogP contribution in [0, 0.1) is 12.3 Å². The van der Waals surface area contributed by atoms with Gasteiger partial charge in [-0.1, -0.05) is 17.5 Å². The Balaban J connectivity index is 1.98. The Morgan fingerprint density at radius 2 is 2.16 bits per heavy atom. The van der Waals surface area contributed by atoms with Gasteiger partial charge in [-0.3, -0.25) is 14.4 Å².